The number of amides is 1. The number of methoxy groups -OCH3 is 1. The van der Waals surface area contributed by atoms with Gasteiger partial charge in [-0.2, -0.15) is 0 Å². The normalized spacial score (nSPS) is 13.9. The van der Waals surface area contributed by atoms with Crippen LogP contribution in [-0.4, -0.2) is 19.0 Å². The molecule has 0 saturated heterocycles. The largest absolute Gasteiger partial charge is 0.453 e. The topological polar surface area (TPSA) is 50.7 Å². The third-order valence-electron chi connectivity index (χ3n) is 2.55. The summed E-state index contributed by atoms with van der Waals surface area (Å²) in [4.78, 5) is 15.2. The number of alkyl carbamates (subject to hydrolysis) is 1. The third kappa shape index (κ3) is 3.43. The van der Waals surface area contributed by atoms with E-state index in [1.807, 2.05) is 12.1 Å². The lowest BCUT2D eigenvalue weighted by molar-refractivity contribution is 0.176. The Kier molecular flexibility index (Phi) is 4.15. The molecule has 94 valence electrons. The van der Waals surface area contributed by atoms with Crippen LogP contribution in [0.5, 0.6) is 0 Å². The van der Waals surface area contributed by atoms with Crippen molar-refractivity contribution in [2.24, 2.45) is 4.99 Å². The first kappa shape index (κ1) is 12.8. The first-order valence-corrected chi connectivity index (χ1v) is 6.30. The van der Waals surface area contributed by atoms with Gasteiger partial charge in [-0.1, -0.05) is 28.1 Å². The molecule has 1 aromatic rings. The molecule has 0 unspecified atom stereocenters. The van der Waals surface area contributed by atoms with E-state index < -0.39 is 6.09 Å². The summed E-state index contributed by atoms with van der Waals surface area (Å²) in [5.74, 6) is 0.631. The number of ether oxygens (including phenoxy) is 1. The standard InChI is InChI=1S/C13H13BrN2O2/c1-18-13(17)16-12-7-10(8-15-12)5-9-3-2-4-11(14)6-9/h2-4,6,8H,5,7H2,1H3,(H,15,16,17). The highest BCUT2D eigenvalue weighted by Gasteiger charge is 2.13. The van der Waals surface area contributed by atoms with E-state index in [1.54, 1.807) is 6.20 Å². The maximum Gasteiger partial charge on any atom is 0.412 e. The lowest BCUT2D eigenvalue weighted by Gasteiger charge is -2.05. The number of halogens is 1. The number of carbonyl (C=O) groups excluding carboxylic acids is 1. The second-order valence-corrected chi connectivity index (χ2v) is 4.88. The van der Waals surface area contributed by atoms with Gasteiger partial charge >= 0.3 is 6.09 Å². The summed E-state index contributed by atoms with van der Waals surface area (Å²) in [6.07, 6.45) is 2.80. The molecule has 0 spiro atoms. The average Bonchev–Trinajstić information content (AvgIpc) is 2.76. The van der Waals surface area contributed by atoms with E-state index >= 15 is 0 Å². The molecular formula is C13H13BrN2O2. The van der Waals surface area contributed by atoms with Crippen LogP contribution in [0.3, 0.4) is 0 Å². The number of hydrogen-bond donors (Lipinski definition) is 1. The highest BCUT2D eigenvalue weighted by molar-refractivity contribution is 9.10. The molecule has 0 atom stereocenters. The summed E-state index contributed by atoms with van der Waals surface area (Å²) in [5.41, 5.74) is 2.38. The molecule has 2 rings (SSSR count). The molecule has 0 radical (unpaired) electrons. The maximum absolute atomic E-state index is 11.0. The Bertz CT molecular complexity index is 523. The number of carbonyl (C=O) groups is 1. The van der Waals surface area contributed by atoms with Crippen molar-refractivity contribution in [3.8, 4) is 0 Å². The van der Waals surface area contributed by atoms with Crippen LogP contribution in [0, 0.1) is 0 Å². The molecule has 0 bridgehead atoms. The number of benzene rings is 1. The van der Waals surface area contributed by atoms with Crippen LogP contribution >= 0.6 is 15.9 Å². The number of rotatable bonds is 2. The minimum absolute atomic E-state index is 0.481. The molecule has 1 heterocycles. The van der Waals surface area contributed by atoms with Gasteiger partial charge in [0.25, 0.3) is 0 Å². The van der Waals surface area contributed by atoms with Crippen LogP contribution in [0.2, 0.25) is 0 Å². The van der Waals surface area contributed by atoms with E-state index in [0.29, 0.717) is 12.3 Å². The quantitative estimate of drug-likeness (QED) is 0.913. The summed E-state index contributed by atoms with van der Waals surface area (Å²) < 4.78 is 5.58. The zero-order valence-electron chi connectivity index (χ0n) is 9.94. The summed E-state index contributed by atoms with van der Waals surface area (Å²) in [7, 11) is 1.33. The fourth-order valence-electron chi connectivity index (χ4n) is 1.74. The van der Waals surface area contributed by atoms with Crippen molar-refractivity contribution < 1.29 is 9.53 Å². The second-order valence-electron chi connectivity index (χ2n) is 3.96. The lowest BCUT2D eigenvalue weighted by Crippen LogP contribution is -2.29. The van der Waals surface area contributed by atoms with Crippen LogP contribution in [0.1, 0.15) is 12.0 Å². The van der Waals surface area contributed by atoms with Gasteiger partial charge in [0.15, 0.2) is 0 Å². The van der Waals surface area contributed by atoms with Crippen molar-refractivity contribution >= 4 is 27.9 Å². The Morgan fingerprint density at radius 1 is 1.56 bits per heavy atom. The molecule has 0 fully saturated rings. The van der Waals surface area contributed by atoms with Crippen molar-refractivity contribution in [3.63, 3.8) is 0 Å². The maximum atomic E-state index is 11.0. The molecule has 1 aliphatic heterocycles. The first-order valence-electron chi connectivity index (χ1n) is 5.51. The Hall–Kier alpha value is -1.62. The molecule has 1 amide bonds. The minimum atomic E-state index is -0.481. The molecule has 18 heavy (non-hydrogen) atoms. The Balaban J connectivity index is 1.90. The van der Waals surface area contributed by atoms with E-state index in [-0.39, 0.29) is 0 Å². The highest BCUT2D eigenvalue weighted by atomic mass is 79.9. The van der Waals surface area contributed by atoms with Gasteiger partial charge in [0.1, 0.15) is 5.84 Å². The van der Waals surface area contributed by atoms with Gasteiger partial charge < -0.3 is 4.74 Å². The Morgan fingerprint density at radius 3 is 3.11 bits per heavy atom. The molecule has 4 nitrogen and oxygen atoms in total. The monoisotopic (exact) mass is 308 g/mol. The molecule has 5 heteroatoms. The highest BCUT2D eigenvalue weighted by Crippen LogP contribution is 2.19. The van der Waals surface area contributed by atoms with Crippen molar-refractivity contribution in [2.45, 2.75) is 12.8 Å². The fourth-order valence-corrected chi connectivity index (χ4v) is 2.18. The predicted molar refractivity (Wildman–Crippen MR) is 73.5 cm³/mol. The first-order chi connectivity index (χ1) is 8.67. The number of nitrogens with zero attached hydrogens (tertiary/aromatic N) is 1. The van der Waals surface area contributed by atoms with Crippen molar-refractivity contribution in [1.29, 1.82) is 0 Å². The smallest absolute Gasteiger partial charge is 0.412 e. The molecule has 1 N–H and O–H groups in total. The zero-order valence-corrected chi connectivity index (χ0v) is 11.5. The Morgan fingerprint density at radius 2 is 2.39 bits per heavy atom. The number of aliphatic imine (C=N–C) groups is 1. The fraction of sp³-hybridized carbons (Fsp3) is 0.231. The third-order valence-corrected chi connectivity index (χ3v) is 3.04. The van der Waals surface area contributed by atoms with Gasteiger partial charge in [-0.05, 0) is 29.7 Å². The number of hydrogen-bond acceptors (Lipinski definition) is 3. The van der Waals surface area contributed by atoms with Crippen molar-refractivity contribution in [3.05, 3.63) is 46.1 Å². The average molecular weight is 309 g/mol. The van der Waals surface area contributed by atoms with Gasteiger partial charge in [-0.15, -0.1) is 0 Å². The van der Waals surface area contributed by atoms with E-state index in [4.69, 9.17) is 0 Å². The van der Waals surface area contributed by atoms with Crippen LogP contribution in [0.4, 0.5) is 4.79 Å². The van der Waals surface area contributed by atoms with Crippen molar-refractivity contribution in [1.82, 2.24) is 5.32 Å². The van der Waals surface area contributed by atoms with Crippen LogP contribution in [0.25, 0.3) is 0 Å². The minimum Gasteiger partial charge on any atom is -0.453 e. The molecule has 1 aromatic carbocycles. The zero-order chi connectivity index (χ0) is 13.0. The van der Waals surface area contributed by atoms with Gasteiger partial charge in [0, 0.05) is 17.1 Å². The molecule has 0 aliphatic carbocycles. The van der Waals surface area contributed by atoms with Gasteiger partial charge in [-0.3, -0.25) is 5.32 Å². The van der Waals surface area contributed by atoms with Gasteiger partial charge in [0.2, 0.25) is 0 Å². The molecule has 0 aromatic heterocycles. The predicted octanol–water partition coefficient (Wildman–Crippen LogP) is 3.03. The van der Waals surface area contributed by atoms with E-state index in [1.165, 1.54) is 18.2 Å². The number of amidine groups is 1. The van der Waals surface area contributed by atoms with Crippen LogP contribution in [0.15, 0.2) is 45.5 Å². The number of nitrogens with one attached hydrogen (secondary N) is 1. The van der Waals surface area contributed by atoms with E-state index in [0.717, 1.165) is 10.9 Å². The molecule has 0 saturated carbocycles. The molecular weight excluding hydrogens is 296 g/mol. The summed E-state index contributed by atoms with van der Waals surface area (Å²) in [5, 5.41) is 2.58. The SMILES string of the molecule is COC(=O)NC1=NC=C(Cc2cccc(Br)c2)C1. The summed E-state index contributed by atoms with van der Waals surface area (Å²) in [6, 6.07) is 8.14. The second kappa shape index (κ2) is 5.82. The molecule has 1 aliphatic rings. The van der Waals surface area contributed by atoms with Gasteiger partial charge in [0.05, 0.1) is 7.11 Å². The summed E-state index contributed by atoms with van der Waals surface area (Å²) in [6.45, 7) is 0. The summed E-state index contributed by atoms with van der Waals surface area (Å²) >= 11 is 3.44. The lowest BCUT2D eigenvalue weighted by atomic mass is 10.0. The van der Waals surface area contributed by atoms with Crippen LogP contribution < -0.4 is 5.32 Å². The Labute approximate surface area is 114 Å². The van der Waals surface area contributed by atoms with Gasteiger partial charge in [-0.25, -0.2) is 9.79 Å². The van der Waals surface area contributed by atoms with E-state index in [2.05, 4.69) is 43.1 Å². The van der Waals surface area contributed by atoms with E-state index in [9.17, 15) is 4.79 Å². The van der Waals surface area contributed by atoms with Crippen LogP contribution in [-0.2, 0) is 11.2 Å². The van der Waals surface area contributed by atoms with Crippen molar-refractivity contribution in [2.75, 3.05) is 7.11 Å².